The number of carbonyl (C=O) groups excluding carboxylic acids is 1. The molecule has 7 rings (SSSR count). The standard InChI is InChI=1S/C28H36N6O4/c1-36-17-4-6-21-19(14-17)28(27(35)31-21)15-20(28)16-3-5-18-23(13-16)32-33-25(18)30-22-7-8-29-26(24(22)37-2)34-9-11-38-12-10-34/h4,6-8,14,16,18,20,23,25,32-33H,3,5,9-13,15H2,1-2H3,(H,29,30)(H,31,35)/t16?,18?,20-,23?,25?,28-/m0/s1. The van der Waals surface area contributed by atoms with Crippen LogP contribution < -0.4 is 35.9 Å². The van der Waals surface area contributed by atoms with Crippen LogP contribution in [-0.2, 0) is 14.9 Å². The van der Waals surface area contributed by atoms with Crippen LogP contribution in [-0.4, -0.2) is 63.6 Å². The Kier molecular flexibility index (Phi) is 5.86. The van der Waals surface area contributed by atoms with Crippen LogP contribution in [0.1, 0.15) is 31.2 Å². The first-order valence-corrected chi connectivity index (χ1v) is 13.8. The molecule has 6 atom stereocenters. The number of rotatable bonds is 6. The molecule has 38 heavy (non-hydrogen) atoms. The molecule has 5 aliphatic rings. The quantitative estimate of drug-likeness (QED) is 0.457. The van der Waals surface area contributed by atoms with Crippen LogP contribution >= 0.6 is 0 Å². The summed E-state index contributed by atoms with van der Waals surface area (Å²) in [7, 11) is 3.39. The van der Waals surface area contributed by atoms with Crippen molar-refractivity contribution in [3.8, 4) is 11.5 Å². The highest BCUT2D eigenvalue weighted by Gasteiger charge is 2.67. The Morgan fingerprint density at radius 3 is 2.82 bits per heavy atom. The number of aromatic nitrogens is 1. The molecule has 3 aliphatic heterocycles. The number of morpholine rings is 1. The average molecular weight is 521 g/mol. The van der Waals surface area contributed by atoms with Gasteiger partial charge in [-0.25, -0.2) is 10.4 Å². The van der Waals surface area contributed by atoms with Crippen molar-refractivity contribution in [2.45, 2.75) is 43.3 Å². The second-order valence-electron chi connectivity index (χ2n) is 11.2. The first-order chi connectivity index (χ1) is 18.6. The molecule has 10 heteroatoms. The fourth-order valence-electron chi connectivity index (χ4n) is 7.44. The van der Waals surface area contributed by atoms with Crippen molar-refractivity contribution in [2.75, 3.05) is 56.1 Å². The lowest BCUT2D eigenvalue weighted by Crippen LogP contribution is -2.39. The normalized spacial score (nSPS) is 33.5. The lowest BCUT2D eigenvalue weighted by atomic mass is 9.74. The predicted octanol–water partition coefficient (Wildman–Crippen LogP) is 2.48. The first-order valence-electron chi connectivity index (χ1n) is 13.8. The van der Waals surface area contributed by atoms with E-state index in [0.717, 1.165) is 73.0 Å². The summed E-state index contributed by atoms with van der Waals surface area (Å²) in [5.41, 5.74) is 9.70. The van der Waals surface area contributed by atoms with E-state index >= 15 is 0 Å². The second kappa shape index (κ2) is 9.29. The third-order valence-corrected chi connectivity index (χ3v) is 9.45. The number of amides is 1. The van der Waals surface area contributed by atoms with E-state index in [1.807, 2.05) is 24.4 Å². The molecule has 10 nitrogen and oxygen atoms in total. The maximum Gasteiger partial charge on any atom is 0.235 e. The number of ether oxygens (including phenoxy) is 3. The molecule has 1 amide bonds. The molecule has 2 aromatic rings. The number of anilines is 3. The van der Waals surface area contributed by atoms with Crippen LogP contribution in [0.2, 0.25) is 0 Å². The summed E-state index contributed by atoms with van der Waals surface area (Å²) >= 11 is 0. The lowest BCUT2D eigenvalue weighted by molar-refractivity contribution is -0.118. The zero-order valence-electron chi connectivity index (χ0n) is 22.0. The number of nitrogens with one attached hydrogen (secondary N) is 4. The van der Waals surface area contributed by atoms with E-state index in [4.69, 9.17) is 14.2 Å². The smallest absolute Gasteiger partial charge is 0.235 e. The monoisotopic (exact) mass is 520 g/mol. The van der Waals surface area contributed by atoms with Crippen molar-refractivity contribution >= 4 is 23.1 Å². The molecule has 1 spiro atoms. The molecule has 2 saturated heterocycles. The third-order valence-electron chi connectivity index (χ3n) is 9.45. The Balaban J connectivity index is 1.04. The topological polar surface area (TPSA) is 109 Å². The molecule has 2 saturated carbocycles. The van der Waals surface area contributed by atoms with Crippen LogP contribution in [0, 0.1) is 17.8 Å². The molecule has 0 radical (unpaired) electrons. The first kappa shape index (κ1) is 24.0. The molecule has 202 valence electrons. The molecule has 0 bridgehead atoms. The van der Waals surface area contributed by atoms with Crippen LogP contribution in [0.3, 0.4) is 0 Å². The fraction of sp³-hybridized carbons (Fsp3) is 0.571. The number of hydrazine groups is 1. The number of methoxy groups -OCH3 is 2. The van der Waals surface area contributed by atoms with Gasteiger partial charge in [-0.1, -0.05) is 0 Å². The molecule has 1 aromatic heterocycles. The zero-order valence-corrected chi connectivity index (χ0v) is 22.0. The summed E-state index contributed by atoms with van der Waals surface area (Å²) in [4.78, 5) is 20.0. The van der Waals surface area contributed by atoms with Gasteiger partial charge in [0.25, 0.3) is 0 Å². The maximum absolute atomic E-state index is 13.1. The number of hydrogen-bond acceptors (Lipinski definition) is 9. The summed E-state index contributed by atoms with van der Waals surface area (Å²) in [6.45, 7) is 3.01. The van der Waals surface area contributed by atoms with Gasteiger partial charge in [0.15, 0.2) is 11.6 Å². The number of pyridine rings is 1. The largest absolute Gasteiger partial charge is 0.497 e. The van der Waals surface area contributed by atoms with Crippen LogP contribution in [0.4, 0.5) is 17.2 Å². The zero-order chi connectivity index (χ0) is 25.9. The van der Waals surface area contributed by atoms with E-state index in [1.165, 1.54) is 0 Å². The minimum atomic E-state index is -0.384. The Morgan fingerprint density at radius 2 is 2.00 bits per heavy atom. The number of fused-ring (bicyclic) bond motifs is 3. The number of benzene rings is 1. The summed E-state index contributed by atoms with van der Waals surface area (Å²) in [5.74, 6) is 3.93. The summed E-state index contributed by atoms with van der Waals surface area (Å²) in [6, 6.07) is 8.29. The molecule has 4 fully saturated rings. The van der Waals surface area contributed by atoms with Gasteiger partial charge in [-0.2, -0.15) is 0 Å². The highest BCUT2D eigenvalue weighted by atomic mass is 16.5. The molecular formula is C28H36N6O4. The molecule has 4 N–H and O–H groups in total. The second-order valence-corrected chi connectivity index (χ2v) is 11.2. The Hall–Kier alpha value is -3.08. The predicted molar refractivity (Wildman–Crippen MR) is 144 cm³/mol. The third kappa shape index (κ3) is 3.72. The Bertz CT molecular complexity index is 1240. The summed E-state index contributed by atoms with van der Waals surface area (Å²) in [5, 5.41) is 6.84. The molecule has 4 heterocycles. The average Bonchev–Trinajstić information content (AvgIpc) is 3.51. The van der Waals surface area contributed by atoms with Gasteiger partial charge in [-0.3, -0.25) is 10.2 Å². The summed E-state index contributed by atoms with van der Waals surface area (Å²) < 4.78 is 16.8. The molecule has 4 unspecified atom stereocenters. The minimum absolute atomic E-state index is 0.0859. The van der Waals surface area contributed by atoms with Gasteiger partial charge in [-0.05, 0) is 67.3 Å². The van der Waals surface area contributed by atoms with Crippen molar-refractivity contribution in [2.24, 2.45) is 17.8 Å². The van der Waals surface area contributed by atoms with Crippen LogP contribution in [0.25, 0.3) is 0 Å². The van der Waals surface area contributed by atoms with Gasteiger partial charge in [0.05, 0.1) is 44.7 Å². The summed E-state index contributed by atoms with van der Waals surface area (Å²) in [6.07, 6.45) is 6.13. The van der Waals surface area contributed by atoms with Crippen molar-refractivity contribution in [3.05, 3.63) is 36.0 Å². The van der Waals surface area contributed by atoms with Crippen molar-refractivity contribution in [1.29, 1.82) is 0 Å². The van der Waals surface area contributed by atoms with E-state index in [2.05, 4.69) is 37.4 Å². The van der Waals surface area contributed by atoms with Gasteiger partial charge in [0.2, 0.25) is 5.91 Å². The fourth-order valence-corrected chi connectivity index (χ4v) is 7.44. The van der Waals surface area contributed by atoms with Crippen LogP contribution in [0.5, 0.6) is 11.5 Å². The van der Waals surface area contributed by atoms with Crippen molar-refractivity contribution in [1.82, 2.24) is 15.8 Å². The Labute approximate surface area is 222 Å². The number of carbonyl (C=O) groups is 1. The highest BCUT2D eigenvalue weighted by molar-refractivity contribution is 6.09. The van der Waals surface area contributed by atoms with Gasteiger partial charge >= 0.3 is 0 Å². The van der Waals surface area contributed by atoms with Gasteiger partial charge in [0.1, 0.15) is 5.75 Å². The SMILES string of the molecule is COc1ccc2c(c1)[C@]1(C[C@H]1C1CCC3C(C1)NNC3Nc1ccnc(N3CCOCC3)c1OC)C(=O)N2. The molecule has 1 aromatic carbocycles. The van der Waals surface area contributed by atoms with E-state index in [0.29, 0.717) is 37.0 Å². The number of nitrogens with zero attached hydrogens (tertiary/aromatic N) is 2. The molecule has 2 aliphatic carbocycles. The minimum Gasteiger partial charge on any atom is -0.497 e. The van der Waals surface area contributed by atoms with Gasteiger partial charge in [-0.15, -0.1) is 0 Å². The Morgan fingerprint density at radius 1 is 1.13 bits per heavy atom. The lowest BCUT2D eigenvalue weighted by Gasteiger charge is -2.34. The molecular weight excluding hydrogens is 484 g/mol. The van der Waals surface area contributed by atoms with E-state index < -0.39 is 0 Å². The van der Waals surface area contributed by atoms with E-state index in [9.17, 15) is 4.79 Å². The maximum atomic E-state index is 13.1. The van der Waals surface area contributed by atoms with Gasteiger partial charge < -0.3 is 29.7 Å². The highest BCUT2D eigenvalue weighted by Crippen LogP contribution is 2.65. The van der Waals surface area contributed by atoms with E-state index in [1.54, 1.807) is 14.2 Å². The van der Waals surface area contributed by atoms with Crippen LogP contribution in [0.15, 0.2) is 30.5 Å². The van der Waals surface area contributed by atoms with Crippen molar-refractivity contribution in [3.63, 3.8) is 0 Å². The van der Waals surface area contributed by atoms with Crippen molar-refractivity contribution < 1.29 is 19.0 Å². The van der Waals surface area contributed by atoms with E-state index in [-0.39, 0.29) is 17.5 Å². The van der Waals surface area contributed by atoms with Gasteiger partial charge in [0, 0.05) is 36.9 Å². The number of hydrogen-bond donors (Lipinski definition) is 4.